The predicted molar refractivity (Wildman–Crippen MR) is 201 cm³/mol. The van der Waals surface area contributed by atoms with Gasteiger partial charge >= 0.3 is 0 Å². The fourth-order valence-corrected chi connectivity index (χ4v) is 8.62. The molecule has 50 heavy (non-hydrogen) atoms. The maximum atomic E-state index is 14.3. The first-order valence-corrected chi connectivity index (χ1v) is 16.9. The van der Waals surface area contributed by atoms with Gasteiger partial charge in [0.25, 0.3) is 23.6 Å². The summed E-state index contributed by atoms with van der Waals surface area (Å²) >= 11 is 0. The van der Waals surface area contributed by atoms with E-state index < -0.39 is 0 Å². The highest BCUT2D eigenvalue weighted by Gasteiger charge is 2.39. The molecule has 0 N–H and O–H groups in total. The van der Waals surface area contributed by atoms with Crippen LogP contribution in [0.4, 0.5) is 11.4 Å². The van der Waals surface area contributed by atoms with Gasteiger partial charge in [0, 0.05) is 33.0 Å². The molecule has 2 aliphatic rings. The van der Waals surface area contributed by atoms with E-state index in [-0.39, 0.29) is 23.6 Å². The number of benzene rings is 7. The molecule has 2 heterocycles. The molecule has 0 aromatic heterocycles. The van der Waals surface area contributed by atoms with Crippen LogP contribution in [0.2, 0.25) is 0 Å². The van der Waals surface area contributed by atoms with Crippen LogP contribution in [0.1, 0.15) is 85.9 Å². The van der Waals surface area contributed by atoms with Gasteiger partial charge in [-0.1, -0.05) is 12.1 Å². The second-order valence-corrected chi connectivity index (χ2v) is 14.4. The van der Waals surface area contributed by atoms with Crippen LogP contribution in [0.25, 0.3) is 43.1 Å². The highest BCUT2D eigenvalue weighted by atomic mass is 16.2. The standard InChI is InChI=1S/C44H34N2O4/c1-19-13-27(14-20(2)25(19)7)45-41(47)31-11-9-29-36-24(6)18-34-38-32(42(48)46(44(34)50)28-15-21(3)26(8)22(4)16-28)12-10-30(40(36)38)35-23(5)17-33(43(45)49)37(31)39(29)35/h9-18H,1-8H3. The van der Waals surface area contributed by atoms with E-state index in [9.17, 15) is 19.2 Å². The molecule has 0 atom stereocenters. The van der Waals surface area contributed by atoms with Gasteiger partial charge in [0.15, 0.2) is 0 Å². The summed E-state index contributed by atoms with van der Waals surface area (Å²) in [7, 11) is 0. The van der Waals surface area contributed by atoms with Crippen LogP contribution < -0.4 is 9.80 Å². The number of carbonyl (C=O) groups is 4. The third kappa shape index (κ3) is 3.63. The van der Waals surface area contributed by atoms with Crippen molar-refractivity contribution in [2.75, 3.05) is 9.80 Å². The first kappa shape index (κ1) is 30.2. The topological polar surface area (TPSA) is 74.8 Å². The summed E-state index contributed by atoms with van der Waals surface area (Å²) in [6.45, 7) is 16.0. The van der Waals surface area contributed by atoms with Crippen LogP contribution >= 0.6 is 0 Å². The van der Waals surface area contributed by atoms with E-state index in [1.807, 2.05) is 116 Å². The van der Waals surface area contributed by atoms with Crippen molar-refractivity contribution in [1.82, 2.24) is 0 Å². The third-order valence-electron chi connectivity index (χ3n) is 11.6. The third-order valence-corrected chi connectivity index (χ3v) is 11.6. The summed E-state index contributed by atoms with van der Waals surface area (Å²) in [5.74, 6) is -1.39. The molecule has 0 saturated heterocycles. The van der Waals surface area contributed by atoms with Gasteiger partial charge in [0.2, 0.25) is 0 Å². The van der Waals surface area contributed by atoms with Crippen molar-refractivity contribution in [2.45, 2.75) is 55.4 Å². The minimum atomic E-state index is -0.350. The summed E-state index contributed by atoms with van der Waals surface area (Å²) in [4.78, 5) is 59.9. The monoisotopic (exact) mass is 654 g/mol. The number of anilines is 2. The highest BCUT2D eigenvalue weighted by molar-refractivity contribution is 6.46. The summed E-state index contributed by atoms with van der Waals surface area (Å²) < 4.78 is 0. The van der Waals surface area contributed by atoms with Crippen molar-refractivity contribution in [3.8, 4) is 0 Å². The number of hydrogen-bond acceptors (Lipinski definition) is 4. The SMILES string of the molecule is Cc1cc(N2C(=O)c3ccc4c5c(C)cc6c7c(ccc(c8c(C)cc(c3c48)C2=O)c75)C(=O)N(c2cc(C)c(C)c(C)c2)C6=O)cc(C)c1C. The molecule has 7 aromatic carbocycles. The quantitative estimate of drug-likeness (QED) is 0.106. The van der Waals surface area contributed by atoms with E-state index in [2.05, 4.69) is 0 Å². The largest absolute Gasteiger partial charge is 0.268 e. The van der Waals surface area contributed by atoms with Crippen molar-refractivity contribution < 1.29 is 19.2 Å². The van der Waals surface area contributed by atoms with Crippen LogP contribution in [0.3, 0.4) is 0 Å². The number of aryl methyl sites for hydroxylation is 6. The van der Waals surface area contributed by atoms with Crippen molar-refractivity contribution in [2.24, 2.45) is 0 Å². The Balaban J connectivity index is 1.33. The number of hydrogen-bond donors (Lipinski definition) is 0. The minimum absolute atomic E-state index is 0.345. The number of amides is 4. The zero-order valence-electron chi connectivity index (χ0n) is 29.3. The lowest BCUT2D eigenvalue weighted by molar-refractivity contribution is 0.0877. The first-order valence-electron chi connectivity index (χ1n) is 16.9. The Kier molecular flexibility index (Phi) is 5.95. The lowest BCUT2D eigenvalue weighted by Gasteiger charge is -2.31. The van der Waals surface area contributed by atoms with Gasteiger partial charge in [-0.05, 0) is 181 Å². The first-order chi connectivity index (χ1) is 23.8. The Morgan fingerprint density at radius 3 is 1.00 bits per heavy atom. The normalized spacial score (nSPS) is 14.5. The van der Waals surface area contributed by atoms with E-state index >= 15 is 0 Å². The summed E-state index contributed by atoms with van der Waals surface area (Å²) in [5, 5.41) is 6.62. The molecule has 0 fully saturated rings. The Morgan fingerprint density at radius 1 is 0.340 bits per heavy atom. The number of nitrogens with zero attached hydrogens (tertiary/aromatic N) is 2. The Bertz CT molecular complexity index is 2580. The molecule has 0 aliphatic carbocycles. The van der Waals surface area contributed by atoms with Crippen LogP contribution in [0.15, 0.2) is 60.7 Å². The second-order valence-electron chi connectivity index (χ2n) is 14.4. The van der Waals surface area contributed by atoms with Crippen LogP contribution in [-0.2, 0) is 0 Å². The minimum Gasteiger partial charge on any atom is -0.268 e. The summed E-state index contributed by atoms with van der Waals surface area (Å²) in [6, 6.07) is 19.0. The van der Waals surface area contributed by atoms with Gasteiger partial charge in [0.1, 0.15) is 0 Å². The Hall–Kier alpha value is -5.88. The van der Waals surface area contributed by atoms with Crippen LogP contribution in [-0.4, -0.2) is 23.6 Å². The Morgan fingerprint density at radius 2 is 0.660 bits per heavy atom. The van der Waals surface area contributed by atoms with E-state index in [0.29, 0.717) is 44.4 Å². The number of rotatable bonds is 2. The van der Waals surface area contributed by atoms with Gasteiger partial charge in [-0.2, -0.15) is 0 Å². The van der Waals surface area contributed by atoms with E-state index in [1.54, 1.807) is 0 Å². The van der Waals surface area contributed by atoms with E-state index in [1.165, 1.54) is 9.80 Å². The molecule has 6 heteroatoms. The van der Waals surface area contributed by atoms with Gasteiger partial charge in [-0.15, -0.1) is 0 Å². The lowest BCUT2D eigenvalue weighted by Crippen LogP contribution is -2.41. The molecular weight excluding hydrogens is 620 g/mol. The molecule has 6 nitrogen and oxygen atoms in total. The zero-order chi connectivity index (χ0) is 35.2. The van der Waals surface area contributed by atoms with Crippen LogP contribution in [0.5, 0.6) is 0 Å². The average molecular weight is 655 g/mol. The molecule has 0 unspecified atom stereocenters. The zero-order valence-corrected chi connectivity index (χ0v) is 29.3. The molecule has 7 aromatic rings. The van der Waals surface area contributed by atoms with E-state index in [0.717, 1.165) is 76.8 Å². The fraction of sp³-hybridized carbons (Fsp3) is 0.182. The van der Waals surface area contributed by atoms with Crippen LogP contribution in [0, 0.1) is 55.4 Å². The molecule has 0 spiro atoms. The molecule has 2 aliphatic heterocycles. The Labute approximate surface area is 289 Å². The number of carbonyl (C=O) groups excluding carboxylic acids is 4. The highest BCUT2D eigenvalue weighted by Crippen LogP contribution is 2.49. The fourth-order valence-electron chi connectivity index (χ4n) is 8.62. The van der Waals surface area contributed by atoms with Gasteiger partial charge in [-0.25, -0.2) is 9.80 Å². The van der Waals surface area contributed by atoms with Crippen molar-refractivity contribution in [1.29, 1.82) is 0 Å². The molecular formula is C44H34N2O4. The number of fused-ring (bicyclic) bond motifs is 2. The predicted octanol–water partition coefficient (Wildman–Crippen LogP) is 9.81. The maximum Gasteiger partial charge on any atom is 0.265 e. The number of imide groups is 2. The van der Waals surface area contributed by atoms with Crippen molar-refractivity contribution >= 4 is 78.1 Å². The van der Waals surface area contributed by atoms with Crippen molar-refractivity contribution in [3.05, 3.63) is 127 Å². The van der Waals surface area contributed by atoms with E-state index in [4.69, 9.17) is 0 Å². The second kappa shape index (κ2) is 9.85. The molecule has 0 saturated carbocycles. The summed E-state index contributed by atoms with van der Waals surface area (Å²) in [5.41, 5.74) is 11.2. The maximum absolute atomic E-state index is 14.3. The summed E-state index contributed by atoms with van der Waals surface area (Å²) in [6.07, 6.45) is 0. The molecule has 244 valence electrons. The van der Waals surface area contributed by atoms with Gasteiger partial charge in [-0.3, -0.25) is 19.2 Å². The average Bonchev–Trinajstić information content (AvgIpc) is 3.07. The van der Waals surface area contributed by atoms with Gasteiger partial charge < -0.3 is 0 Å². The molecule has 9 rings (SSSR count). The molecule has 4 amide bonds. The van der Waals surface area contributed by atoms with Gasteiger partial charge in [0.05, 0.1) is 11.4 Å². The molecule has 0 radical (unpaired) electrons. The molecule has 0 bridgehead atoms. The smallest absolute Gasteiger partial charge is 0.265 e. The lowest BCUT2D eigenvalue weighted by atomic mass is 9.79. The van der Waals surface area contributed by atoms with Crippen molar-refractivity contribution in [3.63, 3.8) is 0 Å².